The number of rotatable bonds is 7. The summed E-state index contributed by atoms with van der Waals surface area (Å²) in [5.41, 5.74) is 3.81. The van der Waals surface area contributed by atoms with Gasteiger partial charge in [-0.1, -0.05) is 42.5 Å². The number of carbonyl (C=O) groups is 1. The first-order valence-electron chi connectivity index (χ1n) is 8.77. The van der Waals surface area contributed by atoms with Crippen LogP contribution in [0.3, 0.4) is 0 Å². The van der Waals surface area contributed by atoms with Crippen molar-refractivity contribution in [1.29, 1.82) is 0 Å². The molecule has 0 heterocycles. The molecule has 0 aliphatic rings. The number of amides is 2. The second-order valence-electron chi connectivity index (χ2n) is 6.97. The first-order chi connectivity index (χ1) is 12.3. The lowest BCUT2D eigenvalue weighted by atomic mass is 9.92. The largest absolute Gasteiger partial charge is 0.497 e. The Morgan fingerprint density at radius 1 is 1.15 bits per heavy atom. The fourth-order valence-electron chi connectivity index (χ4n) is 2.69. The van der Waals surface area contributed by atoms with E-state index in [0.717, 1.165) is 34.4 Å². The van der Waals surface area contributed by atoms with E-state index in [9.17, 15) is 4.79 Å². The summed E-state index contributed by atoms with van der Waals surface area (Å²) in [6.45, 7) is 10.5. The number of ether oxygens (including phenoxy) is 1. The minimum atomic E-state index is -0.477. The molecule has 0 atom stereocenters. The Morgan fingerprint density at radius 2 is 1.85 bits per heavy atom. The number of hydrogen-bond acceptors (Lipinski definition) is 2. The lowest BCUT2D eigenvalue weighted by molar-refractivity contribution is 0.230. The number of carbonyl (C=O) groups excluding carboxylic acids is 1. The Kier molecular flexibility index (Phi) is 6.45. The molecule has 4 heteroatoms. The molecule has 2 amide bonds. The maximum absolute atomic E-state index is 12.3. The summed E-state index contributed by atoms with van der Waals surface area (Å²) in [5, 5.41) is 5.97. The van der Waals surface area contributed by atoms with Gasteiger partial charge in [0.15, 0.2) is 0 Å². The molecule has 2 aromatic carbocycles. The fourth-order valence-corrected chi connectivity index (χ4v) is 2.69. The standard InChI is InChI=1S/C22H28N2O2/c1-16(2)18-7-6-8-19(15-18)22(3,4)24-21(25)23-14-13-17-9-11-20(26-5)12-10-17/h6-12,15H,1,13-14H2,2-5H3,(H2,23,24,25). The van der Waals surface area contributed by atoms with Gasteiger partial charge in [0.2, 0.25) is 0 Å². The third-order valence-corrected chi connectivity index (χ3v) is 4.36. The molecular weight excluding hydrogens is 324 g/mol. The highest BCUT2D eigenvalue weighted by molar-refractivity contribution is 5.75. The molecular formula is C22H28N2O2. The molecule has 0 fully saturated rings. The second kappa shape index (κ2) is 8.56. The third-order valence-electron chi connectivity index (χ3n) is 4.36. The monoisotopic (exact) mass is 352 g/mol. The van der Waals surface area contributed by atoms with E-state index in [1.54, 1.807) is 7.11 Å². The molecule has 0 bridgehead atoms. The molecule has 4 nitrogen and oxygen atoms in total. The fraction of sp³-hybridized carbons (Fsp3) is 0.318. The number of methoxy groups -OCH3 is 1. The van der Waals surface area contributed by atoms with Gasteiger partial charge in [-0.05, 0) is 62.1 Å². The molecule has 0 aliphatic heterocycles. The second-order valence-corrected chi connectivity index (χ2v) is 6.97. The van der Waals surface area contributed by atoms with Crippen LogP contribution in [0.15, 0.2) is 55.1 Å². The highest BCUT2D eigenvalue weighted by atomic mass is 16.5. The quantitative estimate of drug-likeness (QED) is 0.770. The summed E-state index contributed by atoms with van der Waals surface area (Å²) in [6.07, 6.45) is 0.767. The summed E-state index contributed by atoms with van der Waals surface area (Å²) in [5.74, 6) is 0.832. The lowest BCUT2D eigenvalue weighted by Crippen LogP contribution is -2.46. The highest BCUT2D eigenvalue weighted by Gasteiger charge is 2.23. The minimum Gasteiger partial charge on any atom is -0.497 e. The number of benzene rings is 2. The van der Waals surface area contributed by atoms with Crippen LogP contribution in [0.1, 0.15) is 37.5 Å². The molecule has 0 unspecified atom stereocenters. The van der Waals surface area contributed by atoms with E-state index in [1.165, 1.54) is 0 Å². The van der Waals surface area contributed by atoms with Crippen LogP contribution in [-0.2, 0) is 12.0 Å². The van der Waals surface area contributed by atoms with Crippen LogP contribution in [0.25, 0.3) is 5.57 Å². The van der Waals surface area contributed by atoms with Crippen LogP contribution in [0.2, 0.25) is 0 Å². The van der Waals surface area contributed by atoms with Gasteiger partial charge in [-0.15, -0.1) is 0 Å². The summed E-state index contributed by atoms with van der Waals surface area (Å²) in [7, 11) is 1.65. The van der Waals surface area contributed by atoms with Crippen LogP contribution < -0.4 is 15.4 Å². The zero-order chi connectivity index (χ0) is 19.2. The van der Waals surface area contributed by atoms with Gasteiger partial charge in [0.1, 0.15) is 5.75 Å². The predicted molar refractivity (Wildman–Crippen MR) is 107 cm³/mol. The predicted octanol–water partition coefficient (Wildman–Crippen LogP) is 4.51. The van der Waals surface area contributed by atoms with E-state index in [1.807, 2.05) is 63.2 Å². The van der Waals surface area contributed by atoms with Crippen molar-refractivity contribution in [3.05, 3.63) is 71.8 Å². The van der Waals surface area contributed by atoms with E-state index in [0.29, 0.717) is 6.54 Å². The van der Waals surface area contributed by atoms with Crippen molar-refractivity contribution in [2.24, 2.45) is 0 Å². The van der Waals surface area contributed by atoms with Crippen molar-refractivity contribution in [3.8, 4) is 5.75 Å². The third kappa shape index (κ3) is 5.38. The van der Waals surface area contributed by atoms with Crippen LogP contribution in [0.5, 0.6) is 5.75 Å². The molecule has 0 aliphatic carbocycles. The summed E-state index contributed by atoms with van der Waals surface area (Å²) in [6, 6.07) is 15.8. The van der Waals surface area contributed by atoms with Gasteiger partial charge >= 0.3 is 6.03 Å². The molecule has 138 valence electrons. The van der Waals surface area contributed by atoms with Crippen molar-refractivity contribution in [1.82, 2.24) is 10.6 Å². The summed E-state index contributed by atoms with van der Waals surface area (Å²) in [4.78, 5) is 12.3. The molecule has 0 radical (unpaired) electrons. The van der Waals surface area contributed by atoms with Gasteiger partial charge in [0.25, 0.3) is 0 Å². The maximum atomic E-state index is 12.3. The zero-order valence-electron chi connectivity index (χ0n) is 16.1. The molecule has 0 aromatic heterocycles. The normalized spacial score (nSPS) is 10.9. The van der Waals surface area contributed by atoms with Crippen molar-refractivity contribution in [2.75, 3.05) is 13.7 Å². The van der Waals surface area contributed by atoms with Crippen LogP contribution >= 0.6 is 0 Å². The van der Waals surface area contributed by atoms with Gasteiger partial charge in [-0.25, -0.2) is 4.79 Å². The number of urea groups is 1. The van der Waals surface area contributed by atoms with E-state index in [2.05, 4.69) is 23.3 Å². The molecule has 2 N–H and O–H groups in total. The number of nitrogens with one attached hydrogen (secondary N) is 2. The summed E-state index contributed by atoms with van der Waals surface area (Å²) < 4.78 is 5.15. The Labute approximate surface area is 156 Å². The van der Waals surface area contributed by atoms with Crippen molar-refractivity contribution in [2.45, 2.75) is 32.7 Å². The van der Waals surface area contributed by atoms with Crippen LogP contribution in [-0.4, -0.2) is 19.7 Å². The lowest BCUT2D eigenvalue weighted by Gasteiger charge is -2.27. The first kappa shape index (κ1) is 19.6. The Hall–Kier alpha value is -2.75. The van der Waals surface area contributed by atoms with Crippen molar-refractivity contribution in [3.63, 3.8) is 0 Å². The molecule has 0 saturated heterocycles. The van der Waals surface area contributed by atoms with Crippen molar-refractivity contribution >= 4 is 11.6 Å². The Morgan fingerprint density at radius 3 is 2.46 bits per heavy atom. The zero-order valence-corrected chi connectivity index (χ0v) is 16.1. The van der Waals surface area contributed by atoms with Crippen LogP contribution in [0, 0.1) is 0 Å². The summed E-state index contributed by atoms with van der Waals surface area (Å²) >= 11 is 0. The Balaban J connectivity index is 1.89. The van der Waals surface area contributed by atoms with E-state index < -0.39 is 5.54 Å². The van der Waals surface area contributed by atoms with Gasteiger partial charge in [0, 0.05) is 6.54 Å². The maximum Gasteiger partial charge on any atom is 0.315 e. The first-order valence-corrected chi connectivity index (χ1v) is 8.77. The SMILES string of the molecule is C=C(C)c1cccc(C(C)(C)NC(=O)NCCc2ccc(OC)cc2)c1. The average Bonchev–Trinajstić information content (AvgIpc) is 2.62. The molecule has 2 rings (SSSR count). The number of hydrogen-bond donors (Lipinski definition) is 2. The van der Waals surface area contributed by atoms with Gasteiger partial charge in [-0.2, -0.15) is 0 Å². The van der Waals surface area contributed by atoms with E-state index in [-0.39, 0.29) is 6.03 Å². The van der Waals surface area contributed by atoms with E-state index in [4.69, 9.17) is 4.74 Å². The molecule has 2 aromatic rings. The number of allylic oxidation sites excluding steroid dienone is 1. The van der Waals surface area contributed by atoms with Gasteiger partial charge in [0.05, 0.1) is 12.6 Å². The molecule has 0 spiro atoms. The topological polar surface area (TPSA) is 50.4 Å². The average molecular weight is 352 g/mol. The molecule has 0 saturated carbocycles. The smallest absolute Gasteiger partial charge is 0.315 e. The van der Waals surface area contributed by atoms with Gasteiger partial charge in [-0.3, -0.25) is 0 Å². The van der Waals surface area contributed by atoms with E-state index >= 15 is 0 Å². The molecule has 26 heavy (non-hydrogen) atoms. The van der Waals surface area contributed by atoms with Gasteiger partial charge < -0.3 is 15.4 Å². The highest BCUT2D eigenvalue weighted by Crippen LogP contribution is 2.23. The van der Waals surface area contributed by atoms with Crippen LogP contribution in [0.4, 0.5) is 4.79 Å². The van der Waals surface area contributed by atoms with Crippen molar-refractivity contribution < 1.29 is 9.53 Å². The Bertz CT molecular complexity index is 764. The minimum absolute atomic E-state index is 0.177.